The summed E-state index contributed by atoms with van der Waals surface area (Å²) < 4.78 is 18.1. The number of hydrogen-bond donors (Lipinski definition) is 1. The van der Waals surface area contributed by atoms with Crippen molar-refractivity contribution in [3.63, 3.8) is 0 Å². The van der Waals surface area contributed by atoms with E-state index in [1.54, 1.807) is 6.07 Å². The lowest BCUT2D eigenvalue weighted by Crippen LogP contribution is -1.92. The molecule has 0 aliphatic heterocycles. The van der Waals surface area contributed by atoms with Crippen molar-refractivity contribution in [3.05, 3.63) is 41.4 Å². The summed E-state index contributed by atoms with van der Waals surface area (Å²) in [5, 5.41) is 12.4. The van der Waals surface area contributed by atoms with Gasteiger partial charge in [0.1, 0.15) is 11.5 Å². The fraction of sp³-hybridized carbons (Fsp3) is 0.231. The molecule has 4 nitrogen and oxygen atoms in total. The first-order valence-electron chi connectivity index (χ1n) is 5.48. The van der Waals surface area contributed by atoms with Crippen molar-refractivity contribution in [2.75, 3.05) is 0 Å². The van der Waals surface area contributed by atoms with Crippen molar-refractivity contribution in [1.29, 1.82) is 0 Å². The number of halogens is 1. The number of carboxylic acids is 1. The predicted molar refractivity (Wildman–Crippen MR) is 62.9 cm³/mol. The summed E-state index contributed by atoms with van der Waals surface area (Å²) in [4.78, 5) is 10.7. The molecule has 0 atom stereocenters. The van der Waals surface area contributed by atoms with Gasteiger partial charge in [0.25, 0.3) is 0 Å². The van der Waals surface area contributed by atoms with Crippen molar-refractivity contribution < 1.29 is 18.8 Å². The van der Waals surface area contributed by atoms with E-state index in [9.17, 15) is 9.18 Å². The van der Waals surface area contributed by atoms with Crippen LogP contribution < -0.4 is 0 Å². The third-order valence-electron chi connectivity index (χ3n) is 2.60. The molecule has 0 aliphatic carbocycles. The number of aromatic nitrogens is 1. The first kappa shape index (κ1) is 12.3. The van der Waals surface area contributed by atoms with Gasteiger partial charge in [-0.05, 0) is 29.7 Å². The van der Waals surface area contributed by atoms with Gasteiger partial charge in [-0.15, -0.1) is 0 Å². The topological polar surface area (TPSA) is 63.3 Å². The Morgan fingerprint density at radius 1 is 1.33 bits per heavy atom. The molecule has 0 spiro atoms. The number of carbonyl (C=O) groups is 1. The monoisotopic (exact) mass is 249 g/mol. The standard InChI is InChI=1S/C13H12FNO3/c1-7(2)8-3-9(5-10(14)4-8)11-6-12(13(16)17)18-15-11/h3-7H,1-2H3,(H,16,17). The Bertz CT molecular complexity index is 590. The average Bonchev–Trinajstić information content (AvgIpc) is 2.77. The van der Waals surface area contributed by atoms with Gasteiger partial charge in [-0.25, -0.2) is 9.18 Å². The molecule has 0 radical (unpaired) electrons. The molecule has 1 N–H and O–H groups in total. The van der Waals surface area contributed by atoms with Gasteiger partial charge in [0.15, 0.2) is 0 Å². The molecule has 0 fully saturated rings. The Morgan fingerprint density at radius 2 is 2.06 bits per heavy atom. The van der Waals surface area contributed by atoms with Crippen LogP contribution in [0.25, 0.3) is 11.3 Å². The van der Waals surface area contributed by atoms with Crippen molar-refractivity contribution in [2.45, 2.75) is 19.8 Å². The highest BCUT2D eigenvalue weighted by Gasteiger charge is 2.14. The van der Waals surface area contributed by atoms with Crippen LogP contribution in [0.5, 0.6) is 0 Å². The summed E-state index contributed by atoms with van der Waals surface area (Å²) in [5.74, 6) is -1.67. The highest BCUT2D eigenvalue weighted by atomic mass is 19.1. The molecule has 1 aromatic carbocycles. The third-order valence-corrected chi connectivity index (χ3v) is 2.60. The Morgan fingerprint density at radius 3 is 2.61 bits per heavy atom. The van der Waals surface area contributed by atoms with E-state index in [0.29, 0.717) is 11.3 Å². The van der Waals surface area contributed by atoms with Gasteiger partial charge in [-0.3, -0.25) is 0 Å². The van der Waals surface area contributed by atoms with E-state index >= 15 is 0 Å². The van der Waals surface area contributed by atoms with Gasteiger partial charge in [0.2, 0.25) is 5.76 Å². The van der Waals surface area contributed by atoms with Crippen LogP contribution in [0.15, 0.2) is 28.8 Å². The van der Waals surface area contributed by atoms with E-state index in [0.717, 1.165) is 5.56 Å². The average molecular weight is 249 g/mol. The summed E-state index contributed by atoms with van der Waals surface area (Å²) in [6.07, 6.45) is 0. The molecule has 0 amide bonds. The maximum Gasteiger partial charge on any atom is 0.374 e. The van der Waals surface area contributed by atoms with E-state index in [1.165, 1.54) is 18.2 Å². The second-order valence-electron chi connectivity index (χ2n) is 4.31. The highest BCUT2D eigenvalue weighted by molar-refractivity contribution is 5.85. The largest absolute Gasteiger partial charge is 0.475 e. The molecule has 94 valence electrons. The Hall–Kier alpha value is -2.17. The Balaban J connectivity index is 2.46. The molecule has 0 aliphatic rings. The second-order valence-corrected chi connectivity index (χ2v) is 4.31. The smallest absolute Gasteiger partial charge is 0.374 e. The van der Waals surface area contributed by atoms with E-state index in [-0.39, 0.29) is 17.5 Å². The lowest BCUT2D eigenvalue weighted by atomic mass is 9.99. The number of carboxylic acid groups (broad SMARTS) is 1. The Kier molecular flexibility index (Phi) is 3.14. The third kappa shape index (κ3) is 2.40. The lowest BCUT2D eigenvalue weighted by molar-refractivity contribution is 0.0652. The molecule has 0 saturated heterocycles. The fourth-order valence-electron chi connectivity index (χ4n) is 1.61. The molecule has 18 heavy (non-hydrogen) atoms. The zero-order chi connectivity index (χ0) is 13.3. The SMILES string of the molecule is CC(C)c1cc(F)cc(-c2cc(C(=O)O)on2)c1. The van der Waals surface area contributed by atoms with Crippen LogP contribution >= 0.6 is 0 Å². The molecule has 2 aromatic rings. The van der Waals surface area contributed by atoms with Crippen molar-refractivity contribution in [2.24, 2.45) is 0 Å². The van der Waals surface area contributed by atoms with Crippen molar-refractivity contribution >= 4 is 5.97 Å². The minimum Gasteiger partial charge on any atom is -0.475 e. The number of benzene rings is 1. The molecule has 2 rings (SSSR count). The summed E-state index contributed by atoms with van der Waals surface area (Å²) in [6, 6.07) is 5.81. The first-order valence-corrected chi connectivity index (χ1v) is 5.48. The quantitative estimate of drug-likeness (QED) is 0.906. The van der Waals surface area contributed by atoms with Crippen LogP contribution in [0, 0.1) is 5.82 Å². The maximum atomic E-state index is 13.5. The summed E-state index contributed by atoms with van der Waals surface area (Å²) >= 11 is 0. The molecular weight excluding hydrogens is 237 g/mol. The van der Waals surface area contributed by atoms with Crippen LogP contribution in [0.4, 0.5) is 4.39 Å². The van der Waals surface area contributed by atoms with Gasteiger partial charge in [-0.2, -0.15) is 0 Å². The zero-order valence-electron chi connectivity index (χ0n) is 9.98. The molecular formula is C13H12FNO3. The van der Waals surface area contributed by atoms with Crippen molar-refractivity contribution in [1.82, 2.24) is 5.16 Å². The number of hydrogen-bond acceptors (Lipinski definition) is 3. The van der Waals surface area contributed by atoms with Gasteiger partial charge in [-0.1, -0.05) is 19.0 Å². The second kappa shape index (κ2) is 4.60. The molecule has 0 saturated carbocycles. The number of aromatic carboxylic acids is 1. The molecule has 1 heterocycles. The normalized spacial score (nSPS) is 10.9. The molecule has 0 bridgehead atoms. The van der Waals surface area contributed by atoms with E-state index < -0.39 is 5.97 Å². The highest BCUT2D eigenvalue weighted by Crippen LogP contribution is 2.25. The maximum absolute atomic E-state index is 13.5. The van der Waals surface area contributed by atoms with E-state index in [4.69, 9.17) is 5.11 Å². The summed E-state index contributed by atoms with van der Waals surface area (Å²) in [7, 11) is 0. The first-order chi connectivity index (χ1) is 8.47. The van der Waals surface area contributed by atoms with Crippen LogP contribution in [-0.4, -0.2) is 16.2 Å². The summed E-state index contributed by atoms with van der Waals surface area (Å²) in [6.45, 7) is 3.90. The van der Waals surface area contributed by atoms with E-state index in [1.807, 2.05) is 13.8 Å². The minimum absolute atomic E-state index is 0.172. The summed E-state index contributed by atoms with van der Waals surface area (Å²) in [5.41, 5.74) is 1.65. The van der Waals surface area contributed by atoms with Crippen LogP contribution in [-0.2, 0) is 0 Å². The van der Waals surface area contributed by atoms with Crippen LogP contribution in [0.3, 0.4) is 0 Å². The van der Waals surface area contributed by atoms with Gasteiger partial charge in [0.05, 0.1) is 0 Å². The van der Waals surface area contributed by atoms with E-state index in [2.05, 4.69) is 9.68 Å². The van der Waals surface area contributed by atoms with Crippen LogP contribution in [0.2, 0.25) is 0 Å². The van der Waals surface area contributed by atoms with Gasteiger partial charge < -0.3 is 9.63 Å². The van der Waals surface area contributed by atoms with Gasteiger partial charge in [0, 0.05) is 11.6 Å². The predicted octanol–water partition coefficient (Wildman–Crippen LogP) is 3.30. The molecule has 0 unspecified atom stereocenters. The number of rotatable bonds is 3. The molecule has 5 heteroatoms. The number of nitrogens with zero attached hydrogens (tertiary/aromatic N) is 1. The lowest BCUT2D eigenvalue weighted by Gasteiger charge is -2.07. The molecule has 1 aromatic heterocycles. The Labute approximate surface area is 103 Å². The zero-order valence-corrected chi connectivity index (χ0v) is 9.98. The van der Waals surface area contributed by atoms with Crippen LogP contribution in [0.1, 0.15) is 35.9 Å². The fourth-order valence-corrected chi connectivity index (χ4v) is 1.61. The van der Waals surface area contributed by atoms with Gasteiger partial charge >= 0.3 is 5.97 Å². The van der Waals surface area contributed by atoms with Crippen molar-refractivity contribution in [3.8, 4) is 11.3 Å². The minimum atomic E-state index is -1.20.